The molecule has 98 valence electrons. The molecule has 0 aliphatic carbocycles. The number of ether oxygens (including phenoxy) is 1. The van der Waals surface area contributed by atoms with Gasteiger partial charge in [-0.2, -0.15) is 0 Å². The van der Waals surface area contributed by atoms with E-state index < -0.39 is 0 Å². The van der Waals surface area contributed by atoms with Gasteiger partial charge in [0.15, 0.2) is 0 Å². The number of carbonyl (C=O) groups is 2. The van der Waals surface area contributed by atoms with Gasteiger partial charge in [0.1, 0.15) is 0 Å². The van der Waals surface area contributed by atoms with Crippen LogP contribution in [0.3, 0.4) is 0 Å². The van der Waals surface area contributed by atoms with E-state index in [1.54, 1.807) is 38.1 Å². The topological polar surface area (TPSA) is 81.4 Å². The number of esters is 1. The third-order valence-corrected chi connectivity index (χ3v) is 2.19. The van der Waals surface area contributed by atoms with E-state index in [0.29, 0.717) is 17.9 Å². The molecule has 1 unspecified atom stereocenters. The predicted octanol–water partition coefficient (Wildman–Crippen LogP) is 1.54. The first-order valence-corrected chi connectivity index (χ1v) is 5.85. The quantitative estimate of drug-likeness (QED) is 0.777. The summed E-state index contributed by atoms with van der Waals surface area (Å²) in [5.74, 6) is -0.514. The standard InChI is InChI=1S/C13H18N2O3/c1-3-18-13(17)10-4-6-11(7-5-10)15-12(16)8-9(2)14/h4-7,9H,3,8,14H2,1-2H3,(H,15,16). The van der Waals surface area contributed by atoms with Crippen LogP contribution in [0.5, 0.6) is 0 Å². The van der Waals surface area contributed by atoms with Crippen molar-refractivity contribution in [3.63, 3.8) is 0 Å². The van der Waals surface area contributed by atoms with E-state index in [2.05, 4.69) is 5.32 Å². The second kappa shape index (κ2) is 6.76. The molecule has 0 aromatic heterocycles. The minimum absolute atomic E-state index is 0.145. The van der Waals surface area contributed by atoms with E-state index in [1.807, 2.05) is 0 Å². The van der Waals surface area contributed by atoms with E-state index >= 15 is 0 Å². The Morgan fingerprint density at radius 2 is 1.94 bits per heavy atom. The Hall–Kier alpha value is -1.88. The lowest BCUT2D eigenvalue weighted by Gasteiger charge is -2.08. The number of nitrogens with one attached hydrogen (secondary N) is 1. The zero-order valence-electron chi connectivity index (χ0n) is 10.6. The van der Waals surface area contributed by atoms with Crippen LogP contribution in [-0.2, 0) is 9.53 Å². The molecular weight excluding hydrogens is 232 g/mol. The summed E-state index contributed by atoms with van der Waals surface area (Å²) in [7, 11) is 0. The van der Waals surface area contributed by atoms with Crippen LogP contribution in [-0.4, -0.2) is 24.5 Å². The Morgan fingerprint density at radius 3 is 2.44 bits per heavy atom. The van der Waals surface area contributed by atoms with Gasteiger partial charge in [-0.25, -0.2) is 4.79 Å². The van der Waals surface area contributed by atoms with Crippen molar-refractivity contribution in [1.29, 1.82) is 0 Å². The molecule has 1 atom stereocenters. The fraction of sp³-hybridized carbons (Fsp3) is 0.385. The van der Waals surface area contributed by atoms with Crippen molar-refractivity contribution in [1.82, 2.24) is 0 Å². The first-order chi connectivity index (χ1) is 8.52. The van der Waals surface area contributed by atoms with Crippen LogP contribution in [0.1, 0.15) is 30.6 Å². The highest BCUT2D eigenvalue weighted by atomic mass is 16.5. The van der Waals surface area contributed by atoms with Gasteiger partial charge in [-0.1, -0.05) is 0 Å². The second-order valence-corrected chi connectivity index (χ2v) is 4.03. The number of hydrogen-bond donors (Lipinski definition) is 2. The van der Waals surface area contributed by atoms with E-state index in [1.165, 1.54) is 0 Å². The average molecular weight is 250 g/mol. The van der Waals surface area contributed by atoms with Crippen molar-refractivity contribution < 1.29 is 14.3 Å². The molecule has 0 spiro atoms. The van der Waals surface area contributed by atoms with Crippen LogP contribution < -0.4 is 11.1 Å². The third kappa shape index (κ3) is 4.55. The number of anilines is 1. The largest absolute Gasteiger partial charge is 0.462 e. The Bertz CT molecular complexity index is 413. The first-order valence-electron chi connectivity index (χ1n) is 5.85. The Labute approximate surface area is 106 Å². The van der Waals surface area contributed by atoms with Gasteiger partial charge in [0.25, 0.3) is 0 Å². The van der Waals surface area contributed by atoms with Crippen LogP contribution in [0.2, 0.25) is 0 Å². The van der Waals surface area contributed by atoms with Crippen molar-refractivity contribution in [2.75, 3.05) is 11.9 Å². The van der Waals surface area contributed by atoms with Crippen LogP contribution in [0.15, 0.2) is 24.3 Å². The number of rotatable bonds is 5. The van der Waals surface area contributed by atoms with Gasteiger partial charge < -0.3 is 15.8 Å². The molecule has 1 aromatic rings. The molecular formula is C13H18N2O3. The molecule has 1 rings (SSSR count). The third-order valence-electron chi connectivity index (χ3n) is 2.19. The van der Waals surface area contributed by atoms with Crippen molar-refractivity contribution in [3.8, 4) is 0 Å². The highest BCUT2D eigenvalue weighted by Crippen LogP contribution is 2.11. The van der Waals surface area contributed by atoms with Crippen molar-refractivity contribution >= 4 is 17.6 Å². The summed E-state index contributed by atoms with van der Waals surface area (Å²) in [5.41, 5.74) is 6.62. The normalized spacial score (nSPS) is 11.7. The van der Waals surface area contributed by atoms with Crippen LogP contribution in [0.4, 0.5) is 5.69 Å². The average Bonchev–Trinajstić information content (AvgIpc) is 2.29. The van der Waals surface area contributed by atoms with Crippen LogP contribution >= 0.6 is 0 Å². The molecule has 1 aromatic carbocycles. The molecule has 0 fully saturated rings. The lowest BCUT2D eigenvalue weighted by Crippen LogP contribution is -2.23. The van der Waals surface area contributed by atoms with E-state index in [4.69, 9.17) is 10.5 Å². The molecule has 0 saturated carbocycles. The van der Waals surface area contributed by atoms with E-state index in [0.717, 1.165) is 0 Å². The van der Waals surface area contributed by atoms with Gasteiger partial charge in [0, 0.05) is 18.2 Å². The summed E-state index contributed by atoms with van der Waals surface area (Å²) in [4.78, 5) is 22.9. The maximum atomic E-state index is 11.5. The lowest BCUT2D eigenvalue weighted by molar-refractivity contribution is -0.116. The maximum Gasteiger partial charge on any atom is 0.338 e. The Morgan fingerprint density at radius 1 is 1.33 bits per heavy atom. The summed E-state index contributed by atoms with van der Waals surface area (Å²) < 4.78 is 4.86. The fourth-order valence-electron chi connectivity index (χ4n) is 1.41. The number of amides is 1. The zero-order chi connectivity index (χ0) is 13.5. The smallest absolute Gasteiger partial charge is 0.338 e. The Kier molecular flexibility index (Phi) is 5.32. The van der Waals surface area contributed by atoms with Crippen molar-refractivity contribution in [3.05, 3.63) is 29.8 Å². The maximum absolute atomic E-state index is 11.5. The van der Waals surface area contributed by atoms with Gasteiger partial charge >= 0.3 is 5.97 Å². The molecule has 0 radical (unpaired) electrons. The molecule has 5 heteroatoms. The van der Waals surface area contributed by atoms with Crippen LogP contribution in [0, 0.1) is 0 Å². The molecule has 0 bridgehead atoms. The molecule has 0 aliphatic heterocycles. The van der Waals surface area contributed by atoms with Crippen molar-refractivity contribution in [2.24, 2.45) is 5.73 Å². The zero-order valence-corrected chi connectivity index (χ0v) is 10.6. The Balaban J connectivity index is 2.60. The van der Waals surface area contributed by atoms with Gasteiger partial charge in [0.05, 0.1) is 12.2 Å². The highest BCUT2D eigenvalue weighted by Gasteiger charge is 2.08. The summed E-state index contributed by atoms with van der Waals surface area (Å²) in [6.45, 7) is 3.86. The molecule has 3 N–H and O–H groups in total. The summed E-state index contributed by atoms with van der Waals surface area (Å²) in [6.07, 6.45) is 0.264. The first kappa shape index (κ1) is 14.2. The molecule has 5 nitrogen and oxygen atoms in total. The van der Waals surface area contributed by atoms with Gasteiger partial charge in [-0.15, -0.1) is 0 Å². The van der Waals surface area contributed by atoms with Crippen LogP contribution in [0.25, 0.3) is 0 Å². The number of nitrogens with two attached hydrogens (primary N) is 1. The van der Waals surface area contributed by atoms with E-state index in [-0.39, 0.29) is 24.3 Å². The molecule has 18 heavy (non-hydrogen) atoms. The number of carbonyl (C=O) groups excluding carboxylic acids is 2. The predicted molar refractivity (Wildman–Crippen MR) is 69.3 cm³/mol. The minimum atomic E-state index is -0.369. The number of benzene rings is 1. The molecule has 0 aliphatic rings. The summed E-state index contributed by atoms with van der Waals surface area (Å²) in [6, 6.07) is 6.36. The van der Waals surface area contributed by atoms with Crippen molar-refractivity contribution in [2.45, 2.75) is 26.3 Å². The summed E-state index contributed by atoms with van der Waals surface area (Å²) in [5, 5.41) is 2.70. The van der Waals surface area contributed by atoms with Gasteiger partial charge in [0.2, 0.25) is 5.91 Å². The van der Waals surface area contributed by atoms with Gasteiger partial charge in [-0.05, 0) is 38.1 Å². The minimum Gasteiger partial charge on any atom is -0.462 e. The van der Waals surface area contributed by atoms with E-state index in [9.17, 15) is 9.59 Å². The molecule has 0 saturated heterocycles. The lowest BCUT2D eigenvalue weighted by atomic mass is 10.2. The fourth-order valence-corrected chi connectivity index (χ4v) is 1.41. The monoisotopic (exact) mass is 250 g/mol. The van der Waals surface area contributed by atoms with Gasteiger partial charge in [-0.3, -0.25) is 4.79 Å². The SMILES string of the molecule is CCOC(=O)c1ccc(NC(=O)CC(C)N)cc1. The molecule has 0 heterocycles. The molecule has 1 amide bonds. The second-order valence-electron chi connectivity index (χ2n) is 4.03. The highest BCUT2D eigenvalue weighted by molar-refractivity contribution is 5.93. The number of hydrogen-bond acceptors (Lipinski definition) is 4. The summed E-state index contributed by atoms with van der Waals surface area (Å²) >= 11 is 0.